The molecule has 1 fully saturated rings. The average Bonchev–Trinajstić information content (AvgIpc) is 3.20. The van der Waals surface area contributed by atoms with Crippen molar-refractivity contribution in [2.45, 2.75) is 6.92 Å². The number of carbonyl (C=O) groups is 1. The maximum Gasteiger partial charge on any atom is 0.295 e. The molecule has 1 aliphatic rings. The van der Waals surface area contributed by atoms with Gasteiger partial charge in [-0.1, -0.05) is 48.0 Å². The van der Waals surface area contributed by atoms with E-state index in [1.807, 2.05) is 67.7 Å². The third-order valence-electron chi connectivity index (χ3n) is 4.04. The Labute approximate surface area is 150 Å². The number of hydrogen-bond donors (Lipinski definition) is 2. The number of nitrogens with zero attached hydrogens (tertiary/aromatic N) is 2. The van der Waals surface area contributed by atoms with E-state index in [-0.39, 0.29) is 11.8 Å². The van der Waals surface area contributed by atoms with Crippen LogP contribution in [0.1, 0.15) is 11.1 Å². The van der Waals surface area contributed by atoms with Crippen molar-refractivity contribution < 1.29 is 9.53 Å². The lowest BCUT2D eigenvalue weighted by molar-refractivity contribution is -0.116. The number of aromatic nitrogens is 2. The third-order valence-corrected chi connectivity index (χ3v) is 4.04. The van der Waals surface area contributed by atoms with E-state index in [4.69, 9.17) is 15.2 Å². The van der Waals surface area contributed by atoms with Crippen LogP contribution >= 0.6 is 0 Å². The maximum atomic E-state index is 11.9. The van der Waals surface area contributed by atoms with E-state index < -0.39 is 5.91 Å². The molecule has 0 spiro atoms. The third kappa shape index (κ3) is 3.00. The van der Waals surface area contributed by atoms with Crippen molar-refractivity contribution in [3.05, 3.63) is 77.7 Å². The molecule has 1 aliphatic heterocycles. The number of aryl methyl sites for hydroxylation is 1. The van der Waals surface area contributed by atoms with Gasteiger partial charge in [-0.3, -0.25) is 15.5 Å². The zero-order valence-corrected chi connectivity index (χ0v) is 14.1. The molecule has 6 heteroatoms. The van der Waals surface area contributed by atoms with Gasteiger partial charge in [0.2, 0.25) is 0 Å². The number of para-hydroxylation sites is 1. The first-order valence-corrected chi connectivity index (χ1v) is 8.12. The summed E-state index contributed by atoms with van der Waals surface area (Å²) < 4.78 is 6.91. The molecule has 0 radical (unpaired) electrons. The van der Waals surface area contributed by atoms with Gasteiger partial charge in [0.1, 0.15) is 5.69 Å². The summed E-state index contributed by atoms with van der Waals surface area (Å²) >= 11 is 0. The SMILES string of the molecule is Cc1ccc(-c2nn(-c3ccccc3)cc2/C=C2\OC(=N)NC2=O)cc1. The predicted octanol–water partition coefficient (Wildman–Crippen LogP) is 3.27. The lowest BCUT2D eigenvalue weighted by Gasteiger charge is -2.01. The number of ether oxygens (including phenoxy) is 1. The highest BCUT2D eigenvalue weighted by Gasteiger charge is 2.24. The molecule has 0 aliphatic carbocycles. The summed E-state index contributed by atoms with van der Waals surface area (Å²) in [6.07, 6.45) is 3.45. The monoisotopic (exact) mass is 344 g/mol. The highest BCUT2D eigenvalue weighted by Crippen LogP contribution is 2.27. The van der Waals surface area contributed by atoms with Gasteiger partial charge in [0, 0.05) is 17.3 Å². The van der Waals surface area contributed by atoms with E-state index in [2.05, 4.69) is 5.32 Å². The molecule has 0 bridgehead atoms. The molecule has 128 valence electrons. The fraction of sp³-hybridized carbons (Fsp3) is 0.0500. The Morgan fingerprint density at radius 2 is 1.85 bits per heavy atom. The molecule has 2 heterocycles. The number of nitrogens with one attached hydrogen (secondary N) is 2. The number of amides is 1. The second-order valence-corrected chi connectivity index (χ2v) is 5.97. The van der Waals surface area contributed by atoms with Crippen LogP contribution in [0.2, 0.25) is 0 Å². The summed E-state index contributed by atoms with van der Waals surface area (Å²) in [4.78, 5) is 11.9. The van der Waals surface area contributed by atoms with E-state index >= 15 is 0 Å². The minimum atomic E-state index is -0.433. The molecular weight excluding hydrogens is 328 g/mol. The van der Waals surface area contributed by atoms with Crippen molar-refractivity contribution in [1.29, 1.82) is 5.41 Å². The van der Waals surface area contributed by atoms with Crippen LogP contribution in [0.3, 0.4) is 0 Å². The first-order chi connectivity index (χ1) is 12.6. The van der Waals surface area contributed by atoms with Crippen LogP contribution in [0, 0.1) is 12.3 Å². The number of hydrogen-bond acceptors (Lipinski definition) is 4. The molecule has 1 amide bonds. The number of benzene rings is 2. The van der Waals surface area contributed by atoms with Crippen LogP contribution in [-0.2, 0) is 9.53 Å². The van der Waals surface area contributed by atoms with E-state index in [1.165, 1.54) is 0 Å². The van der Waals surface area contributed by atoms with Crippen LogP contribution in [0.25, 0.3) is 23.0 Å². The average molecular weight is 344 g/mol. The van der Waals surface area contributed by atoms with Gasteiger partial charge in [-0.05, 0) is 25.1 Å². The van der Waals surface area contributed by atoms with Crippen LogP contribution < -0.4 is 5.32 Å². The molecule has 2 N–H and O–H groups in total. The minimum Gasteiger partial charge on any atom is -0.420 e. The van der Waals surface area contributed by atoms with Crippen molar-refractivity contribution in [2.75, 3.05) is 0 Å². The molecule has 2 aromatic carbocycles. The smallest absolute Gasteiger partial charge is 0.295 e. The topological polar surface area (TPSA) is 80.0 Å². The van der Waals surface area contributed by atoms with E-state index in [9.17, 15) is 4.79 Å². The Bertz CT molecular complexity index is 1020. The van der Waals surface area contributed by atoms with Crippen LogP contribution in [0.4, 0.5) is 0 Å². The number of carbonyl (C=O) groups excluding carboxylic acids is 1. The summed E-state index contributed by atoms with van der Waals surface area (Å²) in [7, 11) is 0. The van der Waals surface area contributed by atoms with Crippen LogP contribution in [0.15, 0.2) is 66.6 Å². The van der Waals surface area contributed by atoms with E-state index in [0.29, 0.717) is 0 Å². The predicted molar refractivity (Wildman–Crippen MR) is 98.7 cm³/mol. The van der Waals surface area contributed by atoms with Gasteiger partial charge in [0.05, 0.1) is 5.69 Å². The first-order valence-electron chi connectivity index (χ1n) is 8.12. The van der Waals surface area contributed by atoms with Crippen molar-refractivity contribution in [2.24, 2.45) is 0 Å². The van der Waals surface area contributed by atoms with Gasteiger partial charge < -0.3 is 4.74 Å². The van der Waals surface area contributed by atoms with Crippen LogP contribution in [-0.4, -0.2) is 21.7 Å². The summed E-state index contributed by atoms with van der Waals surface area (Å²) in [6.45, 7) is 2.03. The largest absolute Gasteiger partial charge is 0.420 e. The zero-order chi connectivity index (χ0) is 18.1. The first kappa shape index (κ1) is 15.8. The number of rotatable bonds is 3. The zero-order valence-electron chi connectivity index (χ0n) is 14.1. The molecule has 0 saturated carbocycles. The molecular formula is C20H16N4O2. The Morgan fingerprint density at radius 1 is 1.12 bits per heavy atom. The molecule has 6 nitrogen and oxygen atoms in total. The summed E-state index contributed by atoms with van der Waals surface area (Å²) in [5.41, 5.74) is 4.47. The molecule has 26 heavy (non-hydrogen) atoms. The lowest BCUT2D eigenvalue weighted by Crippen LogP contribution is -2.19. The van der Waals surface area contributed by atoms with Gasteiger partial charge in [-0.25, -0.2) is 4.68 Å². The Morgan fingerprint density at radius 3 is 2.50 bits per heavy atom. The molecule has 1 saturated heterocycles. The number of amidine groups is 1. The van der Waals surface area contributed by atoms with Gasteiger partial charge in [0.25, 0.3) is 11.9 Å². The fourth-order valence-corrected chi connectivity index (χ4v) is 2.72. The Hall–Kier alpha value is -3.67. The summed E-state index contributed by atoms with van der Waals surface area (Å²) in [5.74, 6) is -0.353. The van der Waals surface area contributed by atoms with Gasteiger partial charge in [0.15, 0.2) is 5.76 Å². The molecule has 3 aromatic rings. The Kier molecular flexibility index (Phi) is 3.85. The molecule has 0 unspecified atom stereocenters. The normalized spacial score (nSPS) is 15.2. The van der Waals surface area contributed by atoms with E-state index in [0.717, 1.165) is 28.1 Å². The van der Waals surface area contributed by atoms with Crippen molar-refractivity contribution in [3.63, 3.8) is 0 Å². The Balaban J connectivity index is 1.84. The summed E-state index contributed by atoms with van der Waals surface area (Å²) in [6, 6.07) is 17.5. The van der Waals surface area contributed by atoms with Gasteiger partial charge in [-0.2, -0.15) is 5.10 Å². The van der Waals surface area contributed by atoms with E-state index in [1.54, 1.807) is 10.8 Å². The second-order valence-electron chi connectivity index (χ2n) is 5.97. The second kappa shape index (κ2) is 6.33. The minimum absolute atomic E-state index is 0.0796. The molecule has 4 rings (SSSR count). The highest BCUT2D eigenvalue weighted by atomic mass is 16.5. The van der Waals surface area contributed by atoms with Crippen molar-refractivity contribution in [1.82, 2.24) is 15.1 Å². The lowest BCUT2D eigenvalue weighted by atomic mass is 10.1. The molecule has 1 aromatic heterocycles. The van der Waals surface area contributed by atoms with Crippen molar-refractivity contribution >= 4 is 18.0 Å². The standard InChI is InChI=1S/C20H16N4O2/c1-13-7-9-14(10-8-13)18-15(11-17-19(25)22-20(21)26-17)12-24(23-18)16-5-3-2-4-6-16/h2-12H,1H3,(H2,21,22,25)/b17-11-. The van der Waals surface area contributed by atoms with Crippen LogP contribution in [0.5, 0.6) is 0 Å². The maximum absolute atomic E-state index is 11.9. The quantitative estimate of drug-likeness (QED) is 0.716. The highest BCUT2D eigenvalue weighted by molar-refractivity contribution is 6.10. The van der Waals surface area contributed by atoms with Gasteiger partial charge in [-0.15, -0.1) is 0 Å². The van der Waals surface area contributed by atoms with Gasteiger partial charge >= 0.3 is 0 Å². The van der Waals surface area contributed by atoms with Crippen molar-refractivity contribution in [3.8, 4) is 16.9 Å². The fourth-order valence-electron chi connectivity index (χ4n) is 2.72. The molecule has 0 atom stereocenters. The summed E-state index contributed by atoms with van der Waals surface area (Å²) in [5, 5.41) is 14.5.